The smallest absolute Gasteiger partial charge is 0.332 e. The number of likely N-dealkylation sites (tertiary alicyclic amines) is 1. The first kappa shape index (κ1) is 18.3. The molecule has 1 fully saturated rings. The van der Waals surface area contributed by atoms with E-state index in [4.69, 9.17) is 4.42 Å². The Morgan fingerprint density at radius 2 is 1.93 bits per heavy atom. The molecule has 0 N–H and O–H groups in total. The highest BCUT2D eigenvalue weighted by molar-refractivity contribution is 5.81. The highest BCUT2D eigenvalue weighted by atomic mass is 16.3. The number of nitrogens with zero attached hydrogens (tertiary/aromatic N) is 3. The topological polar surface area (TPSA) is 77.5 Å². The van der Waals surface area contributed by atoms with Crippen molar-refractivity contribution in [2.24, 2.45) is 0 Å². The van der Waals surface area contributed by atoms with Crippen LogP contribution in [0.4, 0.5) is 0 Å². The molecular weight excluding hydrogens is 358 g/mol. The summed E-state index contributed by atoms with van der Waals surface area (Å²) in [7, 11) is 0. The van der Waals surface area contributed by atoms with Crippen molar-refractivity contribution in [1.82, 2.24) is 14.0 Å². The molecule has 1 aliphatic heterocycles. The summed E-state index contributed by atoms with van der Waals surface area (Å²) >= 11 is 0. The molecule has 1 amide bonds. The molecule has 28 heavy (non-hydrogen) atoms. The van der Waals surface area contributed by atoms with Crippen LogP contribution in [0.25, 0.3) is 10.9 Å². The lowest BCUT2D eigenvalue weighted by atomic mass is 10.0. The molecule has 0 radical (unpaired) electrons. The van der Waals surface area contributed by atoms with Crippen LogP contribution < -0.4 is 11.2 Å². The summed E-state index contributed by atoms with van der Waals surface area (Å²) in [6.07, 6.45) is 4.56. The third-order valence-corrected chi connectivity index (χ3v) is 5.44. The summed E-state index contributed by atoms with van der Waals surface area (Å²) in [5.74, 6) is 0.416. The average molecular weight is 381 g/mol. The van der Waals surface area contributed by atoms with E-state index in [2.05, 4.69) is 0 Å². The molecular formula is C21H23N3O4. The fourth-order valence-electron chi connectivity index (χ4n) is 3.92. The molecule has 0 spiro atoms. The molecule has 0 unspecified atom stereocenters. The van der Waals surface area contributed by atoms with Crippen LogP contribution in [-0.2, 0) is 17.9 Å². The van der Waals surface area contributed by atoms with Crippen LogP contribution in [-0.4, -0.2) is 32.5 Å². The van der Waals surface area contributed by atoms with Crippen molar-refractivity contribution >= 4 is 16.8 Å². The van der Waals surface area contributed by atoms with Crippen molar-refractivity contribution in [2.45, 2.75) is 45.3 Å². The number of amides is 1. The summed E-state index contributed by atoms with van der Waals surface area (Å²) in [5, 5.41) is 0.410. The van der Waals surface area contributed by atoms with E-state index in [0.717, 1.165) is 23.8 Å². The minimum absolute atomic E-state index is 0.0316. The van der Waals surface area contributed by atoms with Gasteiger partial charge in [-0.3, -0.25) is 18.7 Å². The molecule has 0 bridgehead atoms. The van der Waals surface area contributed by atoms with Gasteiger partial charge in [0.1, 0.15) is 12.3 Å². The number of carbonyl (C=O) groups excluding carboxylic acids is 1. The van der Waals surface area contributed by atoms with E-state index in [1.54, 1.807) is 36.4 Å². The molecule has 2 aromatic heterocycles. The van der Waals surface area contributed by atoms with Crippen LogP contribution in [0.15, 0.2) is 56.7 Å². The molecule has 7 heteroatoms. The van der Waals surface area contributed by atoms with Crippen molar-refractivity contribution in [2.75, 3.05) is 6.54 Å². The molecule has 4 rings (SSSR count). The lowest BCUT2D eigenvalue weighted by Gasteiger charge is -2.33. The second-order valence-electron chi connectivity index (χ2n) is 7.29. The standard InChI is InChI=1S/C21H23N3O4/c1-15-7-4-5-11-22(15)19(25)14-23-18-10-3-2-9-17(18)20(26)24(21(23)27)13-16-8-6-12-28-16/h2-3,6,8-10,12,15H,4-5,7,11,13-14H2,1H3/t15-/m0/s1. The predicted molar refractivity (Wildman–Crippen MR) is 105 cm³/mol. The number of piperidine rings is 1. The van der Waals surface area contributed by atoms with E-state index in [1.807, 2.05) is 11.8 Å². The second kappa shape index (κ2) is 7.50. The van der Waals surface area contributed by atoms with Crippen molar-refractivity contribution in [3.63, 3.8) is 0 Å². The van der Waals surface area contributed by atoms with Gasteiger partial charge in [0, 0.05) is 12.6 Å². The van der Waals surface area contributed by atoms with E-state index in [9.17, 15) is 14.4 Å². The summed E-state index contributed by atoms with van der Waals surface area (Å²) < 4.78 is 7.85. The molecule has 146 valence electrons. The number of hydrogen-bond donors (Lipinski definition) is 0. The third-order valence-electron chi connectivity index (χ3n) is 5.44. The number of para-hydroxylation sites is 1. The molecule has 1 aliphatic rings. The summed E-state index contributed by atoms with van der Waals surface area (Å²) in [4.78, 5) is 40.8. The SMILES string of the molecule is C[C@H]1CCCCN1C(=O)Cn1c(=O)n(Cc2ccco2)c(=O)c2ccccc21. The maximum atomic E-state index is 13.1. The Bertz CT molecular complexity index is 1110. The number of carbonyl (C=O) groups is 1. The maximum Gasteiger partial charge on any atom is 0.332 e. The van der Waals surface area contributed by atoms with E-state index in [1.165, 1.54) is 10.8 Å². The van der Waals surface area contributed by atoms with Crippen LogP contribution in [0.2, 0.25) is 0 Å². The van der Waals surface area contributed by atoms with Gasteiger partial charge in [0.2, 0.25) is 5.91 Å². The predicted octanol–water partition coefficient (Wildman–Crippen LogP) is 2.21. The molecule has 0 saturated carbocycles. The number of benzene rings is 1. The Kier molecular flexibility index (Phi) is 4.90. The van der Waals surface area contributed by atoms with Crippen LogP contribution in [0.3, 0.4) is 0 Å². The summed E-state index contributed by atoms with van der Waals surface area (Å²) in [6, 6.07) is 10.5. The fraction of sp³-hybridized carbons (Fsp3) is 0.381. The van der Waals surface area contributed by atoms with Crippen molar-refractivity contribution in [3.05, 3.63) is 69.3 Å². The van der Waals surface area contributed by atoms with Gasteiger partial charge in [-0.15, -0.1) is 0 Å². The van der Waals surface area contributed by atoms with Crippen LogP contribution in [0.5, 0.6) is 0 Å². The average Bonchev–Trinajstić information content (AvgIpc) is 3.22. The zero-order valence-corrected chi connectivity index (χ0v) is 15.8. The highest BCUT2D eigenvalue weighted by Crippen LogP contribution is 2.17. The molecule has 0 aliphatic carbocycles. The Morgan fingerprint density at radius 1 is 1.11 bits per heavy atom. The lowest BCUT2D eigenvalue weighted by Crippen LogP contribution is -2.47. The molecule has 7 nitrogen and oxygen atoms in total. The Labute approximate surface area is 161 Å². The van der Waals surface area contributed by atoms with Gasteiger partial charge in [0.05, 0.1) is 23.7 Å². The van der Waals surface area contributed by atoms with Gasteiger partial charge in [-0.1, -0.05) is 12.1 Å². The van der Waals surface area contributed by atoms with E-state index < -0.39 is 5.69 Å². The largest absolute Gasteiger partial charge is 0.467 e. The van der Waals surface area contributed by atoms with E-state index in [0.29, 0.717) is 23.2 Å². The lowest BCUT2D eigenvalue weighted by molar-refractivity contribution is -0.135. The third kappa shape index (κ3) is 3.28. The van der Waals surface area contributed by atoms with Gasteiger partial charge in [0.25, 0.3) is 5.56 Å². The first-order valence-corrected chi connectivity index (χ1v) is 9.60. The van der Waals surface area contributed by atoms with Crippen molar-refractivity contribution < 1.29 is 9.21 Å². The summed E-state index contributed by atoms with van der Waals surface area (Å²) in [5.41, 5.74) is -0.406. The molecule has 1 saturated heterocycles. The Hall–Kier alpha value is -3.09. The zero-order chi connectivity index (χ0) is 19.7. The van der Waals surface area contributed by atoms with Crippen molar-refractivity contribution in [3.8, 4) is 0 Å². The molecule has 3 heterocycles. The normalized spacial score (nSPS) is 17.2. The molecule has 1 aromatic carbocycles. The number of rotatable bonds is 4. The first-order chi connectivity index (χ1) is 13.6. The van der Waals surface area contributed by atoms with Gasteiger partial charge in [-0.25, -0.2) is 4.79 Å². The maximum absolute atomic E-state index is 13.1. The van der Waals surface area contributed by atoms with E-state index in [-0.39, 0.29) is 30.6 Å². The minimum atomic E-state index is -0.502. The van der Waals surface area contributed by atoms with Crippen molar-refractivity contribution in [1.29, 1.82) is 0 Å². The minimum Gasteiger partial charge on any atom is -0.467 e. The number of fused-ring (bicyclic) bond motifs is 1. The van der Waals surface area contributed by atoms with Gasteiger partial charge < -0.3 is 9.32 Å². The monoisotopic (exact) mass is 381 g/mol. The molecule has 1 atom stereocenters. The van der Waals surface area contributed by atoms with Gasteiger partial charge in [0.15, 0.2) is 0 Å². The van der Waals surface area contributed by atoms with Gasteiger partial charge >= 0.3 is 5.69 Å². The quantitative estimate of drug-likeness (QED) is 0.694. The summed E-state index contributed by atoms with van der Waals surface area (Å²) in [6.45, 7) is 2.69. The van der Waals surface area contributed by atoms with Gasteiger partial charge in [-0.2, -0.15) is 0 Å². The number of aromatic nitrogens is 2. The Morgan fingerprint density at radius 3 is 2.68 bits per heavy atom. The van der Waals surface area contributed by atoms with E-state index >= 15 is 0 Å². The fourth-order valence-corrected chi connectivity index (χ4v) is 3.92. The second-order valence-corrected chi connectivity index (χ2v) is 7.29. The zero-order valence-electron chi connectivity index (χ0n) is 15.8. The number of hydrogen-bond acceptors (Lipinski definition) is 4. The molecule has 3 aromatic rings. The Balaban J connectivity index is 1.79. The van der Waals surface area contributed by atoms with Gasteiger partial charge in [-0.05, 0) is 50.5 Å². The first-order valence-electron chi connectivity index (χ1n) is 9.60. The highest BCUT2D eigenvalue weighted by Gasteiger charge is 2.25. The van der Waals surface area contributed by atoms with Crippen LogP contribution in [0.1, 0.15) is 31.9 Å². The number of furan rings is 1. The van der Waals surface area contributed by atoms with Crippen LogP contribution in [0, 0.1) is 0 Å². The van der Waals surface area contributed by atoms with Crippen LogP contribution >= 0.6 is 0 Å².